The zero-order valence-electron chi connectivity index (χ0n) is 15.8. The minimum atomic E-state index is 0.179. The number of aliphatic hydroxyl groups is 1. The number of para-hydroxylation sites is 1. The summed E-state index contributed by atoms with van der Waals surface area (Å²) >= 11 is 0. The molecule has 0 aliphatic heterocycles. The van der Waals surface area contributed by atoms with Crippen molar-refractivity contribution < 1.29 is 14.6 Å². The van der Waals surface area contributed by atoms with E-state index in [0.717, 1.165) is 48.7 Å². The normalized spacial score (nSPS) is 10.7. The summed E-state index contributed by atoms with van der Waals surface area (Å²) in [6.07, 6.45) is 1.00. The van der Waals surface area contributed by atoms with E-state index in [1.807, 2.05) is 12.1 Å². The number of aryl methyl sites for hydroxylation is 1. The molecule has 0 aromatic heterocycles. The monoisotopic (exact) mass is 358 g/mol. The third kappa shape index (κ3) is 6.67. The molecule has 0 radical (unpaired) electrons. The zero-order valence-corrected chi connectivity index (χ0v) is 15.8. The van der Waals surface area contributed by atoms with Gasteiger partial charge in [-0.2, -0.15) is 0 Å². The highest BCUT2D eigenvalue weighted by Gasteiger charge is 2.10. The number of benzene rings is 2. The standard InChI is InChI=1S/C21H30N2O3/c1-17-7-9-18(10-8-17)16-26-21-19(5-3-6-20(21)25-2)15-23-12-4-11-22-13-14-24/h3,5-10,22-24H,4,11-16H2,1-2H3. The maximum atomic E-state index is 8.74. The Kier molecular flexibility index (Phi) is 8.96. The molecule has 0 aliphatic rings. The predicted molar refractivity (Wildman–Crippen MR) is 105 cm³/mol. The third-order valence-corrected chi connectivity index (χ3v) is 4.10. The van der Waals surface area contributed by atoms with Crippen LogP contribution in [0, 0.1) is 6.92 Å². The summed E-state index contributed by atoms with van der Waals surface area (Å²) in [5, 5.41) is 15.3. The van der Waals surface area contributed by atoms with Crippen LogP contribution in [-0.4, -0.2) is 38.5 Å². The van der Waals surface area contributed by atoms with Crippen LogP contribution in [0.4, 0.5) is 0 Å². The molecule has 2 aromatic rings. The molecule has 0 amide bonds. The fourth-order valence-corrected chi connectivity index (χ4v) is 2.63. The van der Waals surface area contributed by atoms with Crippen LogP contribution in [0.1, 0.15) is 23.1 Å². The first-order valence-corrected chi connectivity index (χ1v) is 9.11. The topological polar surface area (TPSA) is 62.8 Å². The minimum Gasteiger partial charge on any atom is -0.493 e. The van der Waals surface area contributed by atoms with Crippen LogP contribution >= 0.6 is 0 Å². The lowest BCUT2D eigenvalue weighted by Gasteiger charge is -2.16. The lowest BCUT2D eigenvalue weighted by atomic mass is 10.1. The van der Waals surface area contributed by atoms with Gasteiger partial charge in [0.2, 0.25) is 0 Å². The molecule has 0 heterocycles. The fraction of sp³-hybridized carbons (Fsp3) is 0.429. The van der Waals surface area contributed by atoms with Gasteiger partial charge in [-0.3, -0.25) is 0 Å². The van der Waals surface area contributed by atoms with Crippen LogP contribution in [0.15, 0.2) is 42.5 Å². The Hall–Kier alpha value is -2.08. The first-order valence-electron chi connectivity index (χ1n) is 9.11. The first kappa shape index (κ1) is 20.2. The van der Waals surface area contributed by atoms with Crippen LogP contribution in [0.3, 0.4) is 0 Å². The molecule has 0 saturated carbocycles. The second-order valence-corrected chi connectivity index (χ2v) is 6.23. The molecule has 26 heavy (non-hydrogen) atoms. The van der Waals surface area contributed by atoms with Crippen molar-refractivity contribution in [1.82, 2.24) is 10.6 Å². The lowest BCUT2D eigenvalue weighted by molar-refractivity contribution is 0.280. The van der Waals surface area contributed by atoms with E-state index in [9.17, 15) is 0 Å². The van der Waals surface area contributed by atoms with Gasteiger partial charge in [0.25, 0.3) is 0 Å². The zero-order chi connectivity index (χ0) is 18.6. The van der Waals surface area contributed by atoms with Crippen LogP contribution in [0.5, 0.6) is 11.5 Å². The van der Waals surface area contributed by atoms with E-state index in [1.54, 1.807) is 7.11 Å². The van der Waals surface area contributed by atoms with Gasteiger partial charge in [-0.15, -0.1) is 0 Å². The van der Waals surface area contributed by atoms with Crippen molar-refractivity contribution in [3.63, 3.8) is 0 Å². The van der Waals surface area contributed by atoms with Crippen molar-refractivity contribution in [1.29, 1.82) is 0 Å². The molecular formula is C21H30N2O3. The minimum absolute atomic E-state index is 0.179. The van der Waals surface area contributed by atoms with Crippen LogP contribution in [-0.2, 0) is 13.2 Å². The average molecular weight is 358 g/mol. The van der Waals surface area contributed by atoms with Crippen molar-refractivity contribution in [3.8, 4) is 11.5 Å². The molecule has 0 unspecified atom stereocenters. The third-order valence-electron chi connectivity index (χ3n) is 4.10. The maximum Gasteiger partial charge on any atom is 0.166 e. The van der Waals surface area contributed by atoms with E-state index >= 15 is 0 Å². The van der Waals surface area contributed by atoms with Gasteiger partial charge in [0.1, 0.15) is 6.61 Å². The van der Waals surface area contributed by atoms with E-state index < -0.39 is 0 Å². The molecule has 142 valence electrons. The number of methoxy groups -OCH3 is 1. The summed E-state index contributed by atoms with van der Waals surface area (Å²) in [4.78, 5) is 0. The highest BCUT2D eigenvalue weighted by molar-refractivity contribution is 5.46. The van der Waals surface area contributed by atoms with Crippen molar-refractivity contribution in [2.24, 2.45) is 0 Å². The molecule has 0 spiro atoms. The van der Waals surface area contributed by atoms with Crippen molar-refractivity contribution in [3.05, 3.63) is 59.2 Å². The van der Waals surface area contributed by atoms with Crippen LogP contribution in [0.25, 0.3) is 0 Å². The summed E-state index contributed by atoms with van der Waals surface area (Å²) < 4.78 is 11.6. The van der Waals surface area contributed by atoms with Gasteiger partial charge >= 0.3 is 0 Å². The van der Waals surface area contributed by atoms with Gasteiger partial charge in [-0.05, 0) is 38.1 Å². The van der Waals surface area contributed by atoms with Gasteiger partial charge in [-0.25, -0.2) is 0 Å². The Morgan fingerprint density at radius 2 is 1.73 bits per heavy atom. The summed E-state index contributed by atoms with van der Waals surface area (Å²) in [7, 11) is 1.66. The van der Waals surface area contributed by atoms with Crippen molar-refractivity contribution >= 4 is 0 Å². The molecule has 0 bridgehead atoms. The molecule has 5 nitrogen and oxygen atoms in total. The summed E-state index contributed by atoms with van der Waals surface area (Å²) in [6.45, 7) is 5.93. The van der Waals surface area contributed by atoms with Gasteiger partial charge in [-0.1, -0.05) is 42.0 Å². The quantitative estimate of drug-likeness (QED) is 0.509. The van der Waals surface area contributed by atoms with Gasteiger partial charge in [0.05, 0.1) is 13.7 Å². The number of ether oxygens (including phenoxy) is 2. The maximum absolute atomic E-state index is 8.74. The molecule has 0 saturated heterocycles. The summed E-state index contributed by atoms with van der Waals surface area (Å²) in [6, 6.07) is 14.3. The lowest BCUT2D eigenvalue weighted by Crippen LogP contribution is -2.24. The molecular weight excluding hydrogens is 328 g/mol. The van der Waals surface area contributed by atoms with E-state index in [4.69, 9.17) is 14.6 Å². The molecule has 3 N–H and O–H groups in total. The van der Waals surface area contributed by atoms with E-state index in [-0.39, 0.29) is 6.61 Å². The van der Waals surface area contributed by atoms with E-state index in [1.165, 1.54) is 5.56 Å². The average Bonchev–Trinajstić information content (AvgIpc) is 2.67. The molecule has 0 atom stereocenters. The molecule has 2 aromatic carbocycles. The summed E-state index contributed by atoms with van der Waals surface area (Å²) in [5.41, 5.74) is 3.46. The fourth-order valence-electron chi connectivity index (χ4n) is 2.63. The number of aliphatic hydroxyl groups excluding tert-OH is 1. The first-order chi connectivity index (χ1) is 12.7. The second kappa shape index (κ2) is 11.5. The summed E-state index contributed by atoms with van der Waals surface area (Å²) in [5.74, 6) is 1.54. The molecule has 5 heteroatoms. The van der Waals surface area contributed by atoms with Gasteiger partial charge in [0, 0.05) is 18.7 Å². The van der Waals surface area contributed by atoms with Crippen molar-refractivity contribution in [2.75, 3.05) is 33.4 Å². The van der Waals surface area contributed by atoms with Crippen molar-refractivity contribution in [2.45, 2.75) is 26.5 Å². The molecule has 0 fully saturated rings. The Morgan fingerprint density at radius 3 is 2.46 bits per heavy atom. The smallest absolute Gasteiger partial charge is 0.166 e. The molecule has 0 aliphatic carbocycles. The SMILES string of the molecule is COc1cccc(CNCCCNCCO)c1OCc1ccc(C)cc1. The predicted octanol–water partition coefficient (Wildman–Crippen LogP) is 2.64. The van der Waals surface area contributed by atoms with Crippen LogP contribution in [0.2, 0.25) is 0 Å². The highest BCUT2D eigenvalue weighted by Crippen LogP contribution is 2.31. The van der Waals surface area contributed by atoms with Crippen LogP contribution < -0.4 is 20.1 Å². The Bertz CT molecular complexity index is 644. The Balaban J connectivity index is 1.90. The Labute approximate surface area is 156 Å². The number of rotatable bonds is 12. The van der Waals surface area contributed by atoms with Gasteiger partial charge in [0.15, 0.2) is 11.5 Å². The number of hydrogen-bond donors (Lipinski definition) is 3. The number of hydrogen-bond acceptors (Lipinski definition) is 5. The second-order valence-electron chi connectivity index (χ2n) is 6.23. The molecule has 2 rings (SSSR count). The Morgan fingerprint density at radius 1 is 0.962 bits per heavy atom. The van der Waals surface area contributed by atoms with E-state index in [2.05, 4.69) is 47.9 Å². The van der Waals surface area contributed by atoms with E-state index in [0.29, 0.717) is 13.2 Å². The largest absolute Gasteiger partial charge is 0.493 e. The van der Waals surface area contributed by atoms with Gasteiger partial charge < -0.3 is 25.2 Å². The highest BCUT2D eigenvalue weighted by atomic mass is 16.5. The number of nitrogens with one attached hydrogen (secondary N) is 2.